The minimum absolute atomic E-state index is 0.428. The van der Waals surface area contributed by atoms with Gasteiger partial charge in [-0.05, 0) is 12.1 Å². The largest absolute Gasteiger partial charge is 0.397 e. The van der Waals surface area contributed by atoms with Crippen molar-refractivity contribution < 1.29 is 9.00 Å². The van der Waals surface area contributed by atoms with Gasteiger partial charge in [0.15, 0.2) is 0 Å². The number of rotatable bonds is 2. The number of amides is 1. The Labute approximate surface area is 102 Å². The Morgan fingerprint density at radius 2 is 1.94 bits per heavy atom. The van der Waals surface area contributed by atoms with Crippen molar-refractivity contribution in [1.29, 1.82) is 0 Å². The van der Waals surface area contributed by atoms with Crippen LogP contribution >= 0.6 is 0 Å². The summed E-state index contributed by atoms with van der Waals surface area (Å²) in [6.45, 7) is 1.28. The standard InChI is InChI=1S/C11H15N3O2S/c12-9-3-1-2-8(11(13)15)10(9)14-4-6-17(16)7-5-14/h1-3H,4-7,12H2,(H2,13,15). The molecule has 1 heterocycles. The zero-order valence-electron chi connectivity index (χ0n) is 9.39. The number of hydrogen-bond acceptors (Lipinski definition) is 4. The van der Waals surface area contributed by atoms with Crippen molar-refractivity contribution in [2.45, 2.75) is 0 Å². The van der Waals surface area contributed by atoms with Crippen LogP contribution in [0.15, 0.2) is 18.2 Å². The fourth-order valence-electron chi connectivity index (χ4n) is 1.97. The van der Waals surface area contributed by atoms with Gasteiger partial charge in [0.05, 0.1) is 16.9 Å². The van der Waals surface area contributed by atoms with E-state index in [1.807, 2.05) is 4.90 Å². The summed E-state index contributed by atoms with van der Waals surface area (Å²) in [6.07, 6.45) is 0. The molecule has 1 aromatic carbocycles. The first kappa shape index (κ1) is 11.9. The molecule has 1 amide bonds. The predicted molar refractivity (Wildman–Crippen MR) is 69.5 cm³/mol. The van der Waals surface area contributed by atoms with Crippen LogP contribution in [0.3, 0.4) is 0 Å². The number of nitrogens with zero attached hydrogens (tertiary/aromatic N) is 1. The van der Waals surface area contributed by atoms with E-state index in [1.54, 1.807) is 18.2 Å². The molecule has 1 aliphatic heterocycles. The molecule has 92 valence electrons. The van der Waals surface area contributed by atoms with E-state index >= 15 is 0 Å². The summed E-state index contributed by atoms with van der Waals surface area (Å²) in [5.74, 6) is 0.720. The highest BCUT2D eigenvalue weighted by Gasteiger charge is 2.21. The molecule has 1 fully saturated rings. The first-order chi connectivity index (χ1) is 8.09. The van der Waals surface area contributed by atoms with Gasteiger partial charge in [0.25, 0.3) is 5.91 Å². The van der Waals surface area contributed by atoms with Crippen LogP contribution in [0.25, 0.3) is 0 Å². The Balaban J connectivity index is 2.36. The summed E-state index contributed by atoms with van der Waals surface area (Å²) in [5.41, 5.74) is 12.9. The zero-order valence-corrected chi connectivity index (χ0v) is 10.2. The lowest BCUT2D eigenvalue weighted by atomic mass is 10.1. The van der Waals surface area contributed by atoms with Gasteiger partial charge in [-0.2, -0.15) is 0 Å². The van der Waals surface area contributed by atoms with Crippen molar-refractivity contribution >= 4 is 28.1 Å². The SMILES string of the molecule is NC(=O)c1cccc(N)c1N1CCS(=O)CC1. The lowest BCUT2D eigenvalue weighted by molar-refractivity contribution is 0.100. The highest BCUT2D eigenvalue weighted by atomic mass is 32.2. The molecular weight excluding hydrogens is 238 g/mol. The van der Waals surface area contributed by atoms with Gasteiger partial charge in [-0.25, -0.2) is 0 Å². The number of primary amides is 1. The van der Waals surface area contributed by atoms with E-state index < -0.39 is 16.7 Å². The Hall–Kier alpha value is -1.56. The summed E-state index contributed by atoms with van der Waals surface area (Å²) in [7, 11) is -0.757. The molecule has 0 radical (unpaired) electrons. The third kappa shape index (κ3) is 2.41. The number of nitrogens with two attached hydrogens (primary N) is 2. The van der Waals surface area contributed by atoms with Crippen LogP contribution in [0.5, 0.6) is 0 Å². The minimum Gasteiger partial charge on any atom is -0.397 e. The summed E-state index contributed by atoms with van der Waals surface area (Å²) in [5, 5.41) is 0. The van der Waals surface area contributed by atoms with Crippen LogP contribution < -0.4 is 16.4 Å². The monoisotopic (exact) mass is 253 g/mol. The first-order valence-electron chi connectivity index (χ1n) is 5.38. The van der Waals surface area contributed by atoms with E-state index in [0.29, 0.717) is 41.5 Å². The topological polar surface area (TPSA) is 89.4 Å². The molecule has 6 heteroatoms. The van der Waals surface area contributed by atoms with Crippen LogP contribution in [-0.2, 0) is 10.8 Å². The number of anilines is 2. The molecule has 4 N–H and O–H groups in total. The van der Waals surface area contributed by atoms with E-state index in [0.717, 1.165) is 0 Å². The molecule has 5 nitrogen and oxygen atoms in total. The van der Waals surface area contributed by atoms with Crippen LogP contribution in [0.1, 0.15) is 10.4 Å². The zero-order chi connectivity index (χ0) is 12.4. The van der Waals surface area contributed by atoms with Crippen molar-refractivity contribution in [1.82, 2.24) is 0 Å². The number of carbonyl (C=O) groups excluding carboxylic acids is 1. The predicted octanol–water partition coefficient (Wildman–Crippen LogP) is -0.0636. The molecule has 1 aromatic rings. The van der Waals surface area contributed by atoms with Gasteiger partial charge >= 0.3 is 0 Å². The maximum atomic E-state index is 11.4. The minimum atomic E-state index is -0.757. The van der Waals surface area contributed by atoms with Crippen LogP contribution in [-0.4, -0.2) is 34.7 Å². The van der Waals surface area contributed by atoms with Crippen molar-refractivity contribution in [2.24, 2.45) is 5.73 Å². The lowest BCUT2D eigenvalue weighted by Gasteiger charge is -2.30. The summed E-state index contributed by atoms with van der Waals surface area (Å²) >= 11 is 0. The molecule has 0 spiro atoms. The third-order valence-corrected chi connectivity index (χ3v) is 4.10. The van der Waals surface area contributed by atoms with Crippen LogP contribution in [0.2, 0.25) is 0 Å². The summed E-state index contributed by atoms with van der Waals surface area (Å²) in [6, 6.07) is 5.12. The number of benzene rings is 1. The molecule has 0 unspecified atom stereocenters. The van der Waals surface area contributed by atoms with Crippen LogP contribution in [0.4, 0.5) is 11.4 Å². The third-order valence-electron chi connectivity index (χ3n) is 2.83. The molecule has 0 atom stereocenters. The average Bonchev–Trinajstić information content (AvgIpc) is 2.30. The highest BCUT2D eigenvalue weighted by Crippen LogP contribution is 2.28. The van der Waals surface area contributed by atoms with Gasteiger partial charge in [-0.3, -0.25) is 9.00 Å². The van der Waals surface area contributed by atoms with Gasteiger partial charge < -0.3 is 16.4 Å². The fourth-order valence-corrected chi connectivity index (χ4v) is 3.03. The molecule has 0 aliphatic carbocycles. The maximum absolute atomic E-state index is 11.4. The van der Waals surface area contributed by atoms with Crippen molar-refractivity contribution in [3.05, 3.63) is 23.8 Å². The number of hydrogen-bond donors (Lipinski definition) is 2. The normalized spacial score (nSPS) is 17.1. The van der Waals surface area contributed by atoms with Gasteiger partial charge in [0, 0.05) is 35.4 Å². The average molecular weight is 253 g/mol. The number of carbonyl (C=O) groups is 1. The molecule has 0 aromatic heterocycles. The molecule has 17 heavy (non-hydrogen) atoms. The molecule has 1 saturated heterocycles. The maximum Gasteiger partial charge on any atom is 0.250 e. The lowest BCUT2D eigenvalue weighted by Crippen LogP contribution is -2.39. The van der Waals surface area contributed by atoms with Crippen LogP contribution in [0, 0.1) is 0 Å². The van der Waals surface area contributed by atoms with E-state index in [4.69, 9.17) is 11.5 Å². The summed E-state index contributed by atoms with van der Waals surface area (Å²) in [4.78, 5) is 13.3. The highest BCUT2D eigenvalue weighted by molar-refractivity contribution is 7.85. The van der Waals surface area contributed by atoms with Gasteiger partial charge in [-0.15, -0.1) is 0 Å². The Kier molecular flexibility index (Phi) is 3.33. The second kappa shape index (κ2) is 4.75. The fraction of sp³-hybridized carbons (Fsp3) is 0.364. The Morgan fingerprint density at radius 1 is 1.29 bits per heavy atom. The van der Waals surface area contributed by atoms with Crippen molar-refractivity contribution in [3.8, 4) is 0 Å². The Morgan fingerprint density at radius 3 is 2.53 bits per heavy atom. The van der Waals surface area contributed by atoms with Crippen molar-refractivity contribution in [2.75, 3.05) is 35.2 Å². The quantitative estimate of drug-likeness (QED) is 0.722. The van der Waals surface area contributed by atoms with Crippen molar-refractivity contribution in [3.63, 3.8) is 0 Å². The second-order valence-corrected chi connectivity index (χ2v) is 5.64. The number of nitrogen functional groups attached to an aromatic ring is 1. The van der Waals surface area contributed by atoms with Gasteiger partial charge in [-0.1, -0.05) is 6.07 Å². The van der Waals surface area contributed by atoms with E-state index in [9.17, 15) is 9.00 Å². The first-order valence-corrected chi connectivity index (χ1v) is 6.86. The van der Waals surface area contributed by atoms with Gasteiger partial charge in [0.2, 0.25) is 0 Å². The molecule has 0 saturated carbocycles. The van der Waals surface area contributed by atoms with E-state index in [2.05, 4.69) is 0 Å². The number of para-hydroxylation sites is 1. The smallest absolute Gasteiger partial charge is 0.250 e. The summed E-state index contributed by atoms with van der Waals surface area (Å²) < 4.78 is 11.3. The molecule has 1 aliphatic rings. The molecule has 0 bridgehead atoms. The Bertz CT molecular complexity index is 466. The molecular formula is C11H15N3O2S. The van der Waals surface area contributed by atoms with Gasteiger partial charge in [0.1, 0.15) is 0 Å². The van der Waals surface area contributed by atoms with E-state index in [-0.39, 0.29) is 0 Å². The molecule has 2 rings (SSSR count). The van der Waals surface area contributed by atoms with E-state index in [1.165, 1.54) is 0 Å². The second-order valence-electron chi connectivity index (χ2n) is 3.94.